The normalized spacial score (nSPS) is 20.2. The summed E-state index contributed by atoms with van der Waals surface area (Å²) in [6.45, 7) is 1.98. The number of halogens is 1. The molecule has 1 aromatic heterocycles. The van der Waals surface area contributed by atoms with Gasteiger partial charge in [-0.15, -0.1) is 0 Å². The zero-order valence-corrected chi connectivity index (χ0v) is 16.0. The van der Waals surface area contributed by atoms with Gasteiger partial charge < -0.3 is 10.6 Å². The molecule has 0 saturated carbocycles. The smallest absolute Gasteiger partial charge is 0.240 e. The van der Waals surface area contributed by atoms with Crippen LogP contribution in [0.4, 0.5) is 11.5 Å². The number of aromatic nitrogens is 2. The number of hydrogen-bond donors (Lipinski definition) is 2. The van der Waals surface area contributed by atoms with Crippen molar-refractivity contribution in [3.63, 3.8) is 0 Å². The largest absolute Gasteiger partial charge is 0.325 e. The van der Waals surface area contributed by atoms with Crippen LogP contribution in [0.3, 0.4) is 0 Å². The van der Waals surface area contributed by atoms with Gasteiger partial charge in [-0.05, 0) is 42.8 Å². The molecule has 0 radical (unpaired) electrons. The Balaban J connectivity index is 1.76. The van der Waals surface area contributed by atoms with Crippen molar-refractivity contribution in [2.45, 2.75) is 18.8 Å². The van der Waals surface area contributed by atoms with Crippen molar-refractivity contribution in [1.29, 1.82) is 0 Å². The van der Waals surface area contributed by atoms with Crippen LogP contribution in [0.15, 0.2) is 53.1 Å². The number of nitrogens with zero attached hydrogens (tertiary/aromatic N) is 2. The number of carbonyl (C=O) groups is 2. The molecule has 0 aliphatic carbocycles. The molecule has 0 unspecified atom stereocenters. The van der Waals surface area contributed by atoms with Crippen LogP contribution in [-0.2, 0) is 15.0 Å². The lowest BCUT2D eigenvalue weighted by Gasteiger charge is -2.31. The van der Waals surface area contributed by atoms with Crippen molar-refractivity contribution in [2.75, 3.05) is 10.6 Å². The van der Waals surface area contributed by atoms with Gasteiger partial charge in [-0.3, -0.25) is 9.59 Å². The van der Waals surface area contributed by atoms with Gasteiger partial charge in [0.2, 0.25) is 11.8 Å². The Hall–Kier alpha value is -2.93. The van der Waals surface area contributed by atoms with Crippen molar-refractivity contribution in [3.05, 3.63) is 69.8 Å². The Morgan fingerprint density at radius 3 is 2.63 bits per heavy atom. The van der Waals surface area contributed by atoms with Crippen molar-refractivity contribution in [2.24, 2.45) is 0 Å². The summed E-state index contributed by atoms with van der Waals surface area (Å²) in [5, 5.41) is 10.3. The molecule has 0 bridgehead atoms. The third-order valence-electron chi connectivity index (χ3n) is 5.25. The van der Waals surface area contributed by atoms with E-state index in [2.05, 4.69) is 31.7 Å². The molecule has 134 valence electrons. The summed E-state index contributed by atoms with van der Waals surface area (Å²) >= 11 is 3.42. The number of hydrogen-bond acceptors (Lipinski definition) is 3. The first kappa shape index (κ1) is 16.3. The SMILES string of the molecule is Cc1ccc2c(c1)[C@]1(CC(=O)Nc3c1cnn3-c1ccc(Br)cc1)C(=O)N2. The second-order valence-corrected chi connectivity index (χ2v) is 7.84. The van der Waals surface area contributed by atoms with Crippen molar-refractivity contribution < 1.29 is 9.59 Å². The quantitative estimate of drug-likeness (QED) is 0.629. The standard InChI is InChI=1S/C20H15BrN4O2/c1-11-2-7-16-14(8-11)20(19(27)23-16)9-17(26)24-18-15(20)10-22-25(18)13-5-3-12(21)4-6-13/h2-8,10H,9H2,1H3,(H,23,27)(H,24,26)/t20-/m0/s1. The molecule has 2 aliphatic rings. The number of carbonyl (C=O) groups excluding carboxylic acids is 2. The van der Waals surface area contributed by atoms with Gasteiger partial charge in [-0.1, -0.05) is 33.6 Å². The lowest BCUT2D eigenvalue weighted by atomic mass is 9.71. The summed E-state index contributed by atoms with van der Waals surface area (Å²) in [5.41, 5.74) is 3.10. The summed E-state index contributed by atoms with van der Waals surface area (Å²) in [6.07, 6.45) is 1.75. The van der Waals surface area contributed by atoms with Crippen molar-refractivity contribution in [3.8, 4) is 5.69 Å². The maximum atomic E-state index is 13.1. The fraction of sp³-hybridized carbons (Fsp3) is 0.150. The molecule has 6 nitrogen and oxygen atoms in total. The van der Waals surface area contributed by atoms with Crippen LogP contribution in [0.2, 0.25) is 0 Å². The summed E-state index contributed by atoms with van der Waals surface area (Å²) in [7, 11) is 0. The van der Waals surface area contributed by atoms with E-state index in [0.29, 0.717) is 11.4 Å². The zero-order chi connectivity index (χ0) is 18.8. The first-order chi connectivity index (χ1) is 13.0. The molecular formula is C20H15BrN4O2. The lowest BCUT2D eigenvalue weighted by molar-refractivity contribution is -0.125. The first-order valence-corrected chi connectivity index (χ1v) is 9.35. The average Bonchev–Trinajstić information content (AvgIpc) is 3.17. The summed E-state index contributed by atoms with van der Waals surface area (Å²) in [4.78, 5) is 25.7. The fourth-order valence-electron chi connectivity index (χ4n) is 3.99. The van der Waals surface area contributed by atoms with Crippen LogP contribution < -0.4 is 10.6 Å². The highest BCUT2D eigenvalue weighted by Gasteiger charge is 2.54. The van der Waals surface area contributed by atoms with Gasteiger partial charge in [0.15, 0.2) is 0 Å². The predicted octanol–water partition coefficient (Wildman–Crippen LogP) is 3.52. The second-order valence-electron chi connectivity index (χ2n) is 6.93. The average molecular weight is 423 g/mol. The van der Waals surface area contributed by atoms with E-state index in [9.17, 15) is 9.59 Å². The number of aryl methyl sites for hydroxylation is 1. The Morgan fingerprint density at radius 1 is 1.07 bits per heavy atom. The number of benzene rings is 2. The Kier molecular flexibility index (Phi) is 3.33. The van der Waals surface area contributed by atoms with E-state index in [-0.39, 0.29) is 18.2 Å². The van der Waals surface area contributed by atoms with E-state index < -0.39 is 5.41 Å². The summed E-state index contributed by atoms with van der Waals surface area (Å²) in [6, 6.07) is 13.4. The molecule has 0 saturated heterocycles. The van der Waals surface area contributed by atoms with Crippen LogP contribution >= 0.6 is 15.9 Å². The first-order valence-electron chi connectivity index (χ1n) is 8.56. The molecule has 2 aromatic carbocycles. The number of fused-ring (bicyclic) bond motifs is 4. The van der Waals surface area contributed by atoms with E-state index in [1.165, 1.54) is 0 Å². The fourth-order valence-corrected chi connectivity index (χ4v) is 4.25. The topological polar surface area (TPSA) is 76.0 Å². The number of amides is 2. The predicted molar refractivity (Wildman–Crippen MR) is 105 cm³/mol. The van der Waals surface area contributed by atoms with Crippen molar-refractivity contribution in [1.82, 2.24) is 9.78 Å². The van der Waals surface area contributed by atoms with Gasteiger partial charge in [0, 0.05) is 22.1 Å². The van der Waals surface area contributed by atoms with Crippen LogP contribution in [-0.4, -0.2) is 21.6 Å². The molecule has 0 fully saturated rings. The van der Waals surface area contributed by atoms with Crippen LogP contribution in [0.5, 0.6) is 0 Å². The highest BCUT2D eigenvalue weighted by atomic mass is 79.9. The molecule has 2 aliphatic heterocycles. The number of rotatable bonds is 1. The van der Waals surface area contributed by atoms with E-state index >= 15 is 0 Å². The molecule has 27 heavy (non-hydrogen) atoms. The molecule has 2 amide bonds. The van der Waals surface area contributed by atoms with Crippen LogP contribution in [0.25, 0.3) is 5.69 Å². The molecule has 7 heteroatoms. The van der Waals surface area contributed by atoms with Crippen LogP contribution in [0, 0.1) is 6.92 Å². The van der Waals surface area contributed by atoms with Gasteiger partial charge in [0.1, 0.15) is 11.2 Å². The molecule has 2 N–H and O–H groups in total. The zero-order valence-electron chi connectivity index (χ0n) is 14.4. The molecule has 1 atom stereocenters. The molecular weight excluding hydrogens is 408 g/mol. The van der Waals surface area contributed by atoms with Gasteiger partial charge in [0.05, 0.1) is 11.9 Å². The lowest BCUT2D eigenvalue weighted by Crippen LogP contribution is -2.43. The van der Waals surface area contributed by atoms with Gasteiger partial charge in [-0.25, -0.2) is 4.68 Å². The van der Waals surface area contributed by atoms with E-state index in [4.69, 9.17) is 0 Å². The van der Waals surface area contributed by atoms with Gasteiger partial charge >= 0.3 is 0 Å². The monoisotopic (exact) mass is 422 g/mol. The maximum Gasteiger partial charge on any atom is 0.240 e. The summed E-state index contributed by atoms with van der Waals surface area (Å²) < 4.78 is 2.62. The van der Waals surface area contributed by atoms with E-state index in [1.807, 2.05) is 49.4 Å². The minimum atomic E-state index is -1.05. The number of anilines is 2. The van der Waals surface area contributed by atoms with Crippen LogP contribution in [0.1, 0.15) is 23.1 Å². The molecule has 5 rings (SSSR count). The third kappa shape index (κ3) is 2.21. The van der Waals surface area contributed by atoms with Crippen molar-refractivity contribution >= 4 is 39.2 Å². The molecule has 3 heterocycles. The minimum Gasteiger partial charge on any atom is -0.325 e. The minimum absolute atomic E-state index is 0.0638. The maximum absolute atomic E-state index is 13.1. The van der Waals surface area contributed by atoms with E-state index in [1.54, 1.807) is 10.9 Å². The number of nitrogens with one attached hydrogen (secondary N) is 2. The van der Waals surface area contributed by atoms with Gasteiger partial charge in [0.25, 0.3) is 0 Å². The Morgan fingerprint density at radius 2 is 1.85 bits per heavy atom. The molecule has 1 spiro atoms. The Labute approximate surface area is 163 Å². The highest BCUT2D eigenvalue weighted by molar-refractivity contribution is 9.10. The summed E-state index contributed by atoms with van der Waals surface area (Å²) in [5.74, 6) is 0.151. The second kappa shape index (κ2) is 5.53. The molecule has 3 aromatic rings. The highest BCUT2D eigenvalue weighted by Crippen LogP contribution is 2.50. The Bertz CT molecular complexity index is 1120. The van der Waals surface area contributed by atoms with E-state index in [0.717, 1.165) is 27.0 Å². The van der Waals surface area contributed by atoms with Gasteiger partial charge in [-0.2, -0.15) is 5.10 Å². The third-order valence-corrected chi connectivity index (χ3v) is 5.78.